The number of ether oxygens (including phenoxy) is 1. The number of benzene rings is 1. The van der Waals surface area contributed by atoms with E-state index in [4.69, 9.17) is 4.74 Å². The van der Waals surface area contributed by atoms with E-state index in [1.165, 1.54) is 5.56 Å². The van der Waals surface area contributed by atoms with Gasteiger partial charge in [0, 0.05) is 13.1 Å². The average molecular weight is 235 g/mol. The van der Waals surface area contributed by atoms with Crippen LogP contribution in [-0.2, 0) is 16.1 Å². The first kappa shape index (κ1) is 13.7. The fourth-order valence-corrected chi connectivity index (χ4v) is 1.67. The van der Waals surface area contributed by atoms with E-state index in [1.807, 2.05) is 25.1 Å². The Labute approximate surface area is 103 Å². The van der Waals surface area contributed by atoms with Crippen LogP contribution in [0.15, 0.2) is 30.3 Å². The molecule has 0 aliphatic carbocycles. The van der Waals surface area contributed by atoms with Gasteiger partial charge in [-0.3, -0.25) is 9.69 Å². The lowest BCUT2D eigenvalue weighted by molar-refractivity contribution is -0.143. The van der Waals surface area contributed by atoms with Gasteiger partial charge >= 0.3 is 5.97 Å². The number of hydrogen-bond acceptors (Lipinski definition) is 3. The molecule has 0 saturated heterocycles. The Kier molecular flexibility index (Phi) is 6.33. The molecule has 0 aliphatic rings. The number of carbonyl (C=O) groups excluding carboxylic acids is 1. The van der Waals surface area contributed by atoms with E-state index in [0.717, 1.165) is 19.6 Å². The maximum Gasteiger partial charge on any atom is 0.307 e. The molecule has 1 aromatic rings. The molecule has 0 aliphatic heterocycles. The molecule has 0 heterocycles. The molecule has 3 nitrogen and oxygen atoms in total. The SMILES string of the molecule is CCOC(=O)CCN(CC)Cc1ccccc1. The average Bonchev–Trinajstić information content (AvgIpc) is 2.36. The molecule has 0 saturated carbocycles. The number of hydrogen-bond donors (Lipinski definition) is 0. The summed E-state index contributed by atoms with van der Waals surface area (Å²) in [6.07, 6.45) is 0.467. The Hall–Kier alpha value is -1.35. The van der Waals surface area contributed by atoms with Crippen molar-refractivity contribution < 1.29 is 9.53 Å². The smallest absolute Gasteiger partial charge is 0.307 e. The van der Waals surface area contributed by atoms with E-state index < -0.39 is 0 Å². The first-order chi connectivity index (χ1) is 8.26. The van der Waals surface area contributed by atoms with E-state index in [9.17, 15) is 4.79 Å². The van der Waals surface area contributed by atoms with Crippen LogP contribution in [0.4, 0.5) is 0 Å². The van der Waals surface area contributed by atoms with Gasteiger partial charge in [0.05, 0.1) is 13.0 Å². The largest absolute Gasteiger partial charge is 0.466 e. The monoisotopic (exact) mass is 235 g/mol. The third kappa shape index (κ3) is 5.50. The van der Waals surface area contributed by atoms with Crippen molar-refractivity contribution in [2.45, 2.75) is 26.8 Å². The van der Waals surface area contributed by atoms with Gasteiger partial charge in [-0.05, 0) is 19.0 Å². The molecular formula is C14H21NO2. The molecular weight excluding hydrogens is 214 g/mol. The molecule has 0 spiro atoms. The first-order valence-corrected chi connectivity index (χ1v) is 6.18. The van der Waals surface area contributed by atoms with Crippen molar-refractivity contribution in [2.75, 3.05) is 19.7 Å². The Morgan fingerprint density at radius 2 is 1.94 bits per heavy atom. The lowest BCUT2D eigenvalue weighted by Crippen LogP contribution is -2.26. The molecule has 1 rings (SSSR count). The number of nitrogens with zero attached hydrogens (tertiary/aromatic N) is 1. The van der Waals surface area contributed by atoms with Gasteiger partial charge < -0.3 is 4.74 Å². The van der Waals surface area contributed by atoms with E-state index >= 15 is 0 Å². The summed E-state index contributed by atoms with van der Waals surface area (Å²) in [5, 5.41) is 0. The quantitative estimate of drug-likeness (QED) is 0.680. The van der Waals surface area contributed by atoms with Crippen LogP contribution in [0.5, 0.6) is 0 Å². The maximum atomic E-state index is 11.3. The van der Waals surface area contributed by atoms with Gasteiger partial charge in [0.15, 0.2) is 0 Å². The fourth-order valence-electron chi connectivity index (χ4n) is 1.67. The van der Waals surface area contributed by atoms with Crippen LogP contribution in [0, 0.1) is 0 Å². The summed E-state index contributed by atoms with van der Waals surface area (Å²) in [5.41, 5.74) is 1.28. The molecule has 1 aromatic carbocycles. The maximum absolute atomic E-state index is 11.3. The molecule has 0 amide bonds. The van der Waals surface area contributed by atoms with E-state index in [2.05, 4.69) is 24.0 Å². The highest BCUT2D eigenvalue weighted by molar-refractivity contribution is 5.69. The summed E-state index contributed by atoms with van der Waals surface area (Å²) in [6.45, 7) is 6.98. The highest BCUT2D eigenvalue weighted by Crippen LogP contribution is 2.05. The van der Waals surface area contributed by atoms with Crippen molar-refractivity contribution in [2.24, 2.45) is 0 Å². The second-order valence-electron chi connectivity index (χ2n) is 3.91. The van der Waals surface area contributed by atoms with Crippen LogP contribution in [0.3, 0.4) is 0 Å². The topological polar surface area (TPSA) is 29.5 Å². The Morgan fingerprint density at radius 1 is 1.24 bits per heavy atom. The zero-order chi connectivity index (χ0) is 12.5. The van der Waals surface area contributed by atoms with Crippen molar-refractivity contribution in [1.82, 2.24) is 4.90 Å². The van der Waals surface area contributed by atoms with Gasteiger partial charge in [-0.1, -0.05) is 37.3 Å². The summed E-state index contributed by atoms with van der Waals surface area (Å²) in [6, 6.07) is 10.3. The predicted octanol–water partition coefficient (Wildman–Crippen LogP) is 2.46. The molecule has 0 atom stereocenters. The Morgan fingerprint density at radius 3 is 2.53 bits per heavy atom. The second-order valence-corrected chi connectivity index (χ2v) is 3.91. The summed E-state index contributed by atoms with van der Waals surface area (Å²) in [4.78, 5) is 13.5. The third-order valence-corrected chi connectivity index (χ3v) is 2.63. The highest BCUT2D eigenvalue weighted by atomic mass is 16.5. The zero-order valence-electron chi connectivity index (χ0n) is 10.7. The van der Waals surface area contributed by atoms with E-state index in [0.29, 0.717) is 13.0 Å². The summed E-state index contributed by atoms with van der Waals surface area (Å²) >= 11 is 0. The van der Waals surface area contributed by atoms with Crippen LogP contribution in [0.1, 0.15) is 25.8 Å². The van der Waals surface area contributed by atoms with Gasteiger partial charge in [-0.15, -0.1) is 0 Å². The Balaban J connectivity index is 2.36. The standard InChI is InChI=1S/C14H21NO2/c1-3-15(11-10-14(16)17-4-2)12-13-8-6-5-7-9-13/h5-9H,3-4,10-12H2,1-2H3. The molecule has 0 bridgehead atoms. The van der Waals surface area contributed by atoms with Crippen LogP contribution >= 0.6 is 0 Å². The molecule has 0 N–H and O–H groups in total. The molecule has 0 radical (unpaired) electrons. The molecule has 94 valence electrons. The zero-order valence-corrected chi connectivity index (χ0v) is 10.7. The van der Waals surface area contributed by atoms with Crippen molar-refractivity contribution in [3.05, 3.63) is 35.9 Å². The Bertz CT molecular complexity index is 324. The number of esters is 1. The van der Waals surface area contributed by atoms with Gasteiger partial charge in [0.25, 0.3) is 0 Å². The van der Waals surface area contributed by atoms with Crippen molar-refractivity contribution >= 4 is 5.97 Å². The minimum absolute atomic E-state index is 0.112. The first-order valence-electron chi connectivity index (χ1n) is 6.18. The van der Waals surface area contributed by atoms with Crippen molar-refractivity contribution in [3.63, 3.8) is 0 Å². The van der Waals surface area contributed by atoms with Crippen LogP contribution in [-0.4, -0.2) is 30.6 Å². The van der Waals surface area contributed by atoms with Crippen molar-refractivity contribution in [3.8, 4) is 0 Å². The molecule has 0 aromatic heterocycles. The lowest BCUT2D eigenvalue weighted by atomic mass is 10.2. The van der Waals surface area contributed by atoms with Gasteiger partial charge in [0.2, 0.25) is 0 Å². The van der Waals surface area contributed by atoms with Crippen LogP contribution < -0.4 is 0 Å². The molecule has 0 unspecified atom stereocenters. The minimum atomic E-state index is -0.112. The molecule has 17 heavy (non-hydrogen) atoms. The lowest BCUT2D eigenvalue weighted by Gasteiger charge is -2.19. The highest BCUT2D eigenvalue weighted by Gasteiger charge is 2.07. The summed E-state index contributed by atoms with van der Waals surface area (Å²) in [5.74, 6) is -0.112. The number of carbonyl (C=O) groups is 1. The molecule has 0 fully saturated rings. The van der Waals surface area contributed by atoms with Gasteiger partial charge in [0.1, 0.15) is 0 Å². The predicted molar refractivity (Wildman–Crippen MR) is 68.6 cm³/mol. The van der Waals surface area contributed by atoms with Gasteiger partial charge in [-0.2, -0.15) is 0 Å². The van der Waals surface area contributed by atoms with E-state index in [-0.39, 0.29) is 5.97 Å². The normalized spacial score (nSPS) is 10.5. The third-order valence-electron chi connectivity index (χ3n) is 2.63. The van der Waals surface area contributed by atoms with Crippen LogP contribution in [0.25, 0.3) is 0 Å². The minimum Gasteiger partial charge on any atom is -0.466 e. The summed E-state index contributed by atoms with van der Waals surface area (Å²) in [7, 11) is 0. The van der Waals surface area contributed by atoms with Crippen molar-refractivity contribution in [1.29, 1.82) is 0 Å². The van der Waals surface area contributed by atoms with Gasteiger partial charge in [-0.25, -0.2) is 0 Å². The molecule has 3 heteroatoms. The van der Waals surface area contributed by atoms with Crippen LogP contribution in [0.2, 0.25) is 0 Å². The second kappa shape index (κ2) is 7.85. The summed E-state index contributed by atoms with van der Waals surface area (Å²) < 4.78 is 4.92. The fraction of sp³-hybridized carbons (Fsp3) is 0.500. The van der Waals surface area contributed by atoms with E-state index in [1.54, 1.807) is 0 Å². The number of rotatable bonds is 7.